The molecule has 1 atom stereocenters. The van der Waals surface area contributed by atoms with Crippen LogP contribution in [-0.4, -0.2) is 18.2 Å². The molecule has 2 aromatic carbocycles. The third-order valence-corrected chi connectivity index (χ3v) is 5.47. The molecule has 2 nitrogen and oxygen atoms in total. The van der Waals surface area contributed by atoms with Crippen molar-refractivity contribution in [2.45, 2.75) is 26.2 Å². The van der Waals surface area contributed by atoms with Gasteiger partial charge in [0.25, 0.3) is 0 Å². The van der Waals surface area contributed by atoms with Gasteiger partial charge in [-0.15, -0.1) is 0 Å². The first-order chi connectivity index (χ1) is 11.7. The zero-order chi connectivity index (χ0) is 17.4. The topological polar surface area (TPSA) is 23.5 Å². The summed E-state index contributed by atoms with van der Waals surface area (Å²) in [6.07, 6.45) is 3.92. The fourth-order valence-electron chi connectivity index (χ4n) is 2.89. The summed E-state index contributed by atoms with van der Waals surface area (Å²) in [5.41, 5.74) is 2.30. The van der Waals surface area contributed by atoms with Gasteiger partial charge in [0.15, 0.2) is 0 Å². The third-order valence-electron chi connectivity index (χ3n) is 4.11. The fourth-order valence-corrected chi connectivity index (χ4v) is 4.23. The molecule has 0 aliphatic carbocycles. The second-order valence-corrected chi connectivity index (χ2v) is 9.64. The molecule has 1 unspecified atom stereocenters. The van der Waals surface area contributed by atoms with Gasteiger partial charge in [-0.2, -0.15) is 0 Å². The number of benzene rings is 2. The number of aryl methyl sites for hydroxylation is 1. The first kappa shape index (κ1) is 20.1. The van der Waals surface area contributed by atoms with E-state index in [1.54, 1.807) is 0 Å². The molecule has 1 heterocycles. The molecule has 1 fully saturated rings. The van der Waals surface area contributed by atoms with Gasteiger partial charge in [0.05, 0.1) is 0 Å². The van der Waals surface area contributed by atoms with Gasteiger partial charge in [-0.25, -0.2) is 0 Å². The van der Waals surface area contributed by atoms with Crippen LogP contribution in [0.25, 0.3) is 0 Å². The van der Waals surface area contributed by atoms with Crippen LogP contribution in [0.5, 0.6) is 5.75 Å². The van der Waals surface area contributed by atoms with E-state index in [1.165, 1.54) is 30.3 Å². The van der Waals surface area contributed by atoms with Crippen molar-refractivity contribution >= 4 is 43.5 Å². The summed E-state index contributed by atoms with van der Waals surface area (Å²) in [6.45, 7) is 4.27. The van der Waals surface area contributed by atoms with Crippen molar-refractivity contribution in [1.29, 1.82) is 0 Å². The van der Waals surface area contributed by atoms with Gasteiger partial charge in [-0.1, -0.05) is 45.0 Å². The molecule has 0 spiro atoms. The van der Waals surface area contributed by atoms with E-state index in [9.17, 15) is 5.11 Å². The maximum absolute atomic E-state index is 10.3. The number of piperidine rings is 1. The van der Waals surface area contributed by atoms with Gasteiger partial charge in [0, 0.05) is 29.4 Å². The Labute approximate surface area is 163 Å². The second kappa shape index (κ2) is 10.7. The Morgan fingerprint density at radius 1 is 0.958 bits per heavy atom. The van der Waals surface area contributed by atoms with E-state index in [0.717, 1.165) is 24.0 Å². The molecule has 0 saturated carbocycles. The molecular formula is C18H22Cl2NOPTi. The average Bonchev–Trinajstić information content (AvgIpc) is 2.61. The van der Waals surface area contributed by atoms with Crippen LogP contribution in [0.4, 0.5) is 5.69 Å². The molecule has 0 amide bonds. The van der Waals surface area contributed by atoms with E-state index in [0.29, 0.717) is 14.3 Å². The van der Waals surface area contributed by atoms with E-state index < -0.39 is 17.0 Å². The average molecular weight is 418 g/mol. The number of anilines is 1. The van der Waals surface area contributed by atoms with E-state index in [2.05, 4.69) is 29.2 Å². The van der Waals surface area contributed by atoms with Crippen LogP contribution in [0, 0.1) is 6.92 Å². The van der Waals surface area contributed by atoms with Crippen molar-refractivity contribution in [3.63, 3.8) is 0 Å². The Kier molecular flexibility index (Phi) is 8.94. The second-order valence-electron chi connectivity index (χ2n) is 5.73. The Morgan fingerprint density at radius 3 is 2.29 bits per heavy atom. The molecule has 6 heteroatoms. The fraction of sp³-hybridized carbons (Fsp3) is 0.333. The molecule has 24 heavy (non-hydrogen) atoms. The normalized spacial score (nSPS) is 14.4. The number of hydrogen-bond acceptors (Lipinski definition) is 2. The van der Waals surface area contributed by atoms with Gasteiger partial charge in [-0.3, -0.25) is 0 Å². The number of halogens is 2. The maximum atomic E-state index is 10.3. The van der Waals surface area contributed by atoms with E-state index in [-0.39, 0.29) is 0 Å². The number of hydrogen-bond donors (Lipinski definition) is 1. The molecule has 1 N–H and O–H groups in total. The molecule has 128 valence electrons. The summed E-state index contributed by atoms with van der Waals surface area (Å²) in [5, 5.41) is 12.6. The zero-order valence-electron chi connectivity index (χ0n) is 13.7. The monoisotopic (exact) mass is 417 g/mol. The summed E-state index contributed by atoms with van der Waals surface area (Å²) in [7, 11) is 10.3. The van der Waals surface area contributed by atoms with Crippen molar-refractivity contribution in [2.75, 3.05) is 18.0 Å². The molecule has 2 aromatic rings. The van der Waals surface area contributed by atoms with Gasteiger partial charge >= 0.3 is 35.6 Å². The Bertz CT molecular complexity index is 651. The number of para-hydroxylation sites is 2. The molecular weight excluding hydrogens is 396 g/mol. The minimum absolute atomic E-state index is 0.448. The molecule has 1 saturated heterocycles. The van der Waals surface area contributed by atoms with Crippen LogP contribution in [0.2, 0.25) is 0 Å². The van der Waals surface area contributed by atoms with Crippen LogP contribution in [0.15, 0.2) is 42.5 Å². The van der Waals surface area contributed by atoms with Gasteiger partial charge < -0.3 is 10.0 Å². The Hall–Kier alpha value is -0.236. The third kappa shape index (κ3) is 5.65. The van der Waals surface area contributed by atoms with Crippen molar-refractivity contribution in [3.05, 3.63) is 48.0 Å². The SMILES string of the molecule is Cc1cccc(Pc2ccccc2N2CCCCC2)c1O.[Cl][Ti][Cl]. The number of phenolic OH excluding ortho intramolecular Hbond substituents is 1. The van der Waals surface area contributed by atoms with Crippen LogP contribution >= 0.6 is 27.2 Å². The summed E-state index contributed by atoms with van der Waals surface area (Å²) in [6, 6.07) is 14.7. The van der Waals surface area contributed by atoms with Gasteiger partial charge in [0.1, 0.15) is 5.75 Å². The predicted octanol–water partition coefficient (Wildman–Crippen LogP) is 4.70. The van der Waals surface area contributed by atoms with Crippen LogP contribution < -0.4 is 15.5 Å². The standard InChI is InChI=1S/C18H22NOP.2ClH.Ti/c1-14-8-7-11-17(18(14)20)21-16-10-4-3-9-15(16)19-12-5-2-6-13-19;;;/h3-4,7-11,20-21H,2,5-6,12-13H2,1H3;2*1H;/q;;;+2/p-2. The molecule has 3 rings (SSSR count). The Balaban J connectivity index is 0.000000647. The van der Waals surface area contributed by atoms with E-state index >= 15 is 0 Å². The number of nitrogens with zero attached hydrogens (tertiary/aromatic N) is 1. The van der Waals surface area contributed by atoms with E-state index in [4.69, 9.17) is 18.6 Å². The Morgan fingerprint density at radius 2 is 1.58 bits per heavy atom. The van der Waals surface area contributed by atoms with Gasteiger partial charge in [-0.05, 0) is 37.8 Å². The first-order valence-electron chi connectivity index (χ1n) is 8.03. The minimum atomic E-state index is -0.556. The summed E-state index contributed by atoms with van der Waals surface area (Å²) in [5.74, 6) is 0.448. The predicted molar refractivity (Wildman–Crippen MR) is 105 cm³/mol. The number of phenols is 1. The summed E-state index contributed by atoms with van der Waals surface area (Å²) in [4.78, 5) is 2.50. The zero-order valence-corrected chi connectivity index (χ0v) is 17.8. The molecule has 0 bridgehead atoms. The molecule has 0 radical (unpaired) electrons. The van der Waals surface area contributed by atoms with Crippen molar-refractivity contribution < 1.29 is 22.1 Å². The van der Waals surface area contributed by atoms with E-state index in [1.807, 2.05) is 25.1 Å². The van der Waals surface area contributed by atoms with Crippen LogP contribution in [0.1, 0.15) is 24.8 Å². The number of rotatable bonds is 3. The summed E-state index contributed by atoms with van der Waals surface area (Å²) < 4.78 is 0. The first-order valence-corrected chi connectivity index (χ1v) is 13.3. The van der Waals surface area contributed by atoms with Crippen LogP contribution in [-0.2, 0) is 17.0 Å². The quantitative estimate of drug-likeness (QED) is 0.578. The van der Waals surface area contributed by atoms with Crippen molar-refractivity contribution in [2.24, 2.45) is 0 Å². The van der Waals surface area contributed by atoms with Crippen molar-refractivity contribution in [3.8, 4) is 5.75 Å². The van der Waals surface area contributed by atoms with Crippen LogP contribution in [0.3, 0.4) is 0 Å². The molecule has 1 aliphatic heterocycles. The van der Waals surface area contributed by atoms with Gasteiger partial charge in [0.2, 0.25) is 0 Å². The van der Waals surface area contributed by atoms with Crippen molar-refractivity contribution in [1.82, 2.24) is 0 Å². The molecule has 1 aliphatic rings. The molecule has 0 aromatic heterocycles. The number of aromatic hydroxyl groups is 1. The summed E-state index contributed by atoms with van der Waals surface area (Å²) >= 11 is -0.556.